The fourth-order valence-electron chi connectivity index (χ4n) is 1.75. The third-order valence-corrected chi connectivity index (χ3v) is 4.81. The Balaban J connectivity index is 2.30. The van der Waals surface area contributed by atoms with E-state index in [-0.39, 0.29) is 16.1 Å². The Labute approximate surface area is 136 Å². The zero-order chi connectivity index (χ0) is 17.0. The molecule has 1 heterocycles. The Morgan fingerprint density at radius 2 is 2.13 bits per heavy atom. The molecule has 0 atom stereocenters. The number of esters is 1. The van der Waals surface area contributed by atoms with Gasteiger partial charge in [0.15, 0.2) is 9.84 Å². The molecule has 0 saturated heterocycles. The van der Waals surface area contributed by atoms with Crippen LogP contribution in [0, 0.1) is 0 Å². The molecule has 0 radical (unpaired) electrons. The van der Waals surface area contributed by atoms with Crippen LogP contribution >= 0.6 is 11.6 Å². The lowest BCUT2D eigenvalue weighted by atomic mass is 10.2. The van der Waals surface area contributed by atoms with Gasteiger partial charge in [-0.2, -0.15) is 0 Å². The standard InChI is InChI=1S/C13H11ClN2O6S/c1-21-13(18)9-3-2-4-10(14)11(9)23(19,20)7-15-12(17)8-5-16-22-6-8/h2-6H,7H2,1H3,(H,15,17). The van der Waals surface area contributed by atoms with Crippen LogP contribution in [0.25, 0.3) is 0 Å². The summed E-state index contributed by atoms with van der Waals surface area (Å²) in [5, 5.41) is 5.39. The third kappa shape index (κ3) is 3.69. The maximum absolute atomic E-state index is 12.4. The zero-order valence-electron chi connectivity index (χ0n) is 11.8. The summed E-state index contributed by atoms with van der Waals surface area (Å²) < 4.78 is 33.9. The van der Waals surface area contributed by atoms with Crippen molar-refractivity contribution >= 4 is 33.3 Å². The van der Waals surface area contributed by atoms with Gasteiger partial charge in [-0.1, -0.05) is 22.8 Å². The van der Waals surface area contributed by atoms with Crippen LogP contribution in [0.3, 0.4) is 0 Å². The first kappa shape index (κ1) is 17.0. The first-order valence-corrected chi connectivity index (χ1v) is 8.17. The average molecular weight is 359 g/mol. The van der Waals surface area contributed by atoms with Gasteiger partial charge in [0.05, 0.1) is 29.5 Å². The van der Waals surface area contributed by atoms with E-state index in [1.807, 2.05) is 0 Å². The first-order valence-electron chi connectivity index (χ1n) is 6.14. The fraction of sp³-hybridized carbons (Fsp3) is 0.154. The molecule has 0 aliphatic carbocycles. The van der Waals surface area contributed by atoms with Gasteiger partial charge >= 0.3 is 5.97 Å². The van der Waals surface area contributed by atoms with Crippen LogP contribution in [-0.4, -0.2) is 38.4 Å². The van der Waals surface area contributed by atoms with E-state index in [1.165, 1.54) is 18.2 Å². The number of carbonyl (C=O) groups is 2. The topological polar surface area (TPSA) is 116 Å². The normalized spacial score (nSPS) is 11.0. The Hall–Kier alpha value is -2.39. The number of methoxy groups -OCH3 is 1. The molecule has 8 nitrogen and oxygen atoms in total. The van der Waals surface area contributed by atoms with E-state index in [2.05, 4.69) is 19.7 Å². The van der Waals surface area contributed by atoms with Gasteiger partial charge in [0.25, 0.3) is 5.91 Å². The number of nitrogens with one attached hydrogen (secondary N) is 1. The highest BCUT2D eigenvalue weighted by Crippen LogP contribution is 2.26. The summed E-state index contributed by atoms with van der Waals surface area (Å²) in [6, 6.07) is 4.01. The molecule has 1 aromatic heterocycles. The fourth-order valence-corrected chi connectivity index (χ4v) is 3.59. The average Bonchev–Trinajstić information content (AvgIpc) is 3.06. The maximum atomic E-state index is 12.4. The molecule has 0 aliphatic rings. The van der Waals surface area contributed by atoms with E-state index in [1.54, 1.807) is 0 Å². The largest absolute Gasteiger partial charge is 0.465 e. The van der Waals surface area contributed by atoms with Crippen molar-refractivity contribution in [2.24, 2.45) is 0 Å². The summed E-state index contributed by atoms with van der Waals surface area (Å²) in [5.74, 6) is -2.30. The minimum absolute atomic E-state index is 0.0625. The molecule has 10 heteroatoms. The van der Waals surface area contributed by atoms with Crippen molar-refractivity contribution in [2.45, 2.75) is 4.90 Å². The van der Waals surface area contributed by atoms with E-state index in [0.717, 1.165) is 19.6 Å². The van der Waals surface area contributed by atoms with E-state index in [0.29, 0.717) is 0 Å². The summed E-state index contributed by atoms with van der Waals surface area (Å²) in [5.41, 5.74) is -0.147. The number of nitrogens with zero attached hydrogens (tertiary/aromatic N) is 1. The van der Waals surface area contributed by atoms with Gasteiger partial charge in [0, 0.05) is 0 Å². The quantitative estimate of drug-likeness (QED) is 0.800. The summed E-state index contributed by atoms with van der Waals surface area (Å²) >= 11 is 5.91. The Morgan fingerprint density at radius 1 is 1.39 bits per heavy atom. The summed E-state index contributed by atoms with van der Waals surface area (Å²) in [7, 11) is -2.96. The van der Waals surface area contributed by atoms with E-state index < -0.39 is 32.5 Å². The van der Waals surface area contributed by atoms with Crippen LogP contribution in [0.1, 0.15) is 20.7 Å². The molecule has 122 valence electrons. The SMILES string of the molecule is COC(=O)c1cccc(Cl)c1S(=O)(=O)CNC(=O)c1cnoc1. The first-order chi connectivity index (χ1) is 10.9. The monoisotopic (exact) mass is 358 g/mol. The molecule has 23 heavy (non-hydrogen) atoms. The number of aromatic nitrogens is 1. The molecule has 0 unspecified atom stereocenters. The van der Waals surface area contributed by atoms with Crippen molar-refractivity contribution in [3.8, 4) is 0 Å². The molecule has 0 aliphatic heterocycles. The lowest BCUT2D eigenvalue weighted by molar-refractivity contribution is 0.0596. The number of ether oxygens (including phenoxy) is 1. The van der Waals surface area contributed by atoms with Crippen LogP contribution in [0.4, 0.5) is 0 Å². The van der Waals surface area contributed by atoms with E-state index in [4.69, 9.17) is 11.6 Å². The van der Waals surface area contributed by atoms with Crippen molar-refractivity contribution in [3.63, 3.8) is 0 Å². The number of hydrogen-bond acceptors (Lipinski definition) is 7. The van der Waals surface area contributed by atoms with Gasteiger partial charge in [-0.3, -0.25) is 4.79 Å². The van der Waals surface area contributed by atoms with Gasteiger partial charge in [0.2, 0.25) is 0 Å². The Bertz CT molecular complexity index is 832. The van der Waals surface area contributed by atoms with Crippen LogP contribution in [0.5, 0.6) is 0 Å². The van der Waals surface area contributed by atoms with Crippen LogP contribution < -0.4 is 5.32 Å². The lowest BCUT2D eigenvalue weighted by Crippen LogP contribution is -2.30. The van der Waals surface area contributed by atoms with Gasteiger partial charge < -0.3 is 14.6 Å². The molecule has 0 fully saturated rings. The van der Waals surface area contributed by atoms with Gasteiger partial charge in [-0.05, 0) is 12.1 Å². The van der Waals surface area contributed by atoms with Gasteiger partial charge in [0.1, 0.15) is 17.0 Å². The second-order valence-electron chi connectivity index (χ2n) is 4.29. The van der Waals surface area contributed by atoms with Crippen molar-refractivity contribution in [1.82, 2.24) is 10.5 Å². The molecule has 2 aromatic rings. The van der Waals surface area contributed by atoms with Crippen LogP contribution in [-0.2, 0) is 14.6 Å². The van der Waals surface area contributed by atoms with Crippen molar-refractivity contribution in [2.75, 3.05) is 13.0 Å². The molecule has 2 rings (SSSR count). The van der Waals surface area contributed by atoms with Gasteiger partial charge in [-0.15, -0.1) is 0 Å². The highest BCUT2D eigenvalue weighted by atomic mass is 35.5. The highest BCUT2D eigenvalue weighted by molar-refractivity contribution is 7.91. The zero-order valence-corrected chi connectivity index (χ0v) is 13.3. The Kier molecular flexibility index (Phi) is 5.02. The third-order valence-electron chi connectivity index (χ3n) is 2.80. The second-order valence-corrected chi connectivity index (χ2v) is 6.62. The number of carbonyl (C=O) groups excluding carboxylic acids is 2. The molecular formula is C13H11ClN2O6S. The minimum atomic E-state index is -4.08. The number of halogens is 1. The molecule has 1 N–H and O–H groups in total. The maximum Gasteiger partial charge on any atom is 0.339 e. The molecule has 0 saturated carbocycles. The van der Waals surface area contributed by atoms with Crippen molar-refractivity contribution < 1.29 is 27.3 Å². The van der Waals surface area contributed by atoms with Gasteiger partial charge in [-0.25, -0.2) is 13.2 Å². The highest BCUT2D eigenvalue weighted by Gasteiger charge is 2.27. The number of benzene rings is 1. The predicted octanol–water partition coefficient (Wildman–Crippen LogP) is 1.28. The summed E-state index contributed by atoms with van der Waals surface area (Å²) in [6.07, 6.45) is 2.20. The minimum Gasteiger partial charge on any atom is -0.465 e. The summed E-state index contributed by atoms with van der Waals surface area (Å²) in [6.45, 7) is 0. The van der Waals surface area contributed by atoms with Crippen LogP contribution in [0.2, 0.25) is 5.02 Å². The van der Waals surface area contributed by atoms with Crippen molar-refractivity contribution in [3.05, 3.63) is 46.8 Å². The van der Waals surface area contributed by atoms with Crippen LogP contribution in [0.15, 0.2) is 40.1 Å². The molecule has 0 spiro atoms. The Morgan fingerprint density at radius 3 is 2.74 bits per heavy atom. The molecule has 1 amide bonds. The lowest BCUT2D eigenvalue weighted by Gasteiger charge is -2.11. The summed E-state index contributed by atoms with van der Waals surface area (Å²) in [4.78, 5) is 23.0. The second kappa shape index (κ2) is 6.80. The molecule has 0 bridgehead atoms. The molecular weight excluding hydrogens is 348 g/mol. The number of amides is 1. The number of hydrogen-bond donors (Lipinski definition) is 1. The van der Waals surface area contributed by atoms with E-state index >= 15 is 0 Å². The van der Waals surface area contributed by atoms with E-state index in [9.17, 15) is 18.0 Å². The number of sulfone groups is 1. The molecule has 1 aromatic carbocycles. The van der Waals surface area contributed by atoms with Crippen molar-refractivity contribution in [1.29, 1.82) is 0 Å². The number of rotatable bonds is 5. The smallest absolute Gasteiger partial charge is 0.339 e. The predicted molar refractivity (Wildman–Crippen MR) is 78.8 cm³/mol.